The largest absolute Gasteiger partial charge is 0.479 e. The number of carbonyl (C=O) groups excluding carboxylic acids is 1. The molecule has 11 heteroatoms. The maximum Gasteiger partial charge on any atom is 0.433 e. The van der Waals surface area contributed by atoms with Crippen molar-refractivity contribution in [2.75, 3.05) is 18.1 Å². The number of rotatable bonds is 3. The average Bonchev–Trinajstić information content (AvgIpc) is 2.46. The smallest absolute Gasteiger partial charge is 0.433 e. The number of amides is 1. The number of anilines is 1. The van der Waals surface area contributed by atoms with E-state index in [0.29, 0.717) is 0 Å². The summed E-state index contributed by atoms with van der Waals surface area (Å²) >= 11 is 0. The van der Waals surface area contributed by atoms with Gasteiger partial charge in [-0.2, -0.15) is 13.2 Å². The van der Waals surface area contributed by atoms with Crippen molar-refractivity contribution in [3.8, 4) is 0 Å². The van der Waals surface area contributed by atoms with E-state index >= 15 is 0 Å². The first-order chi connectivity index (χ1) is 10.5. The van der Waals surface area contributed by atoms with Crippen molar-refractivity contribution in [3.63, 3.8) is 0 Å². The topological polar surface area (TPSA) is 100.0 Å². The predicted octanol–water partition coefficient (Wildman–Crippen LogP) is 1.09. The van der Waals surface area contributed by atoms with Gasteiger partial charge in [0.15, 0.2) is 11.7 Å². The van der Waals surface area contributed by atoms with E-state index in [2.05, 4.69) is 4.98 Å². The molecular weight excluding hydrogens is 357 g/mol. The third kappa shape index (κ3) is 3.77. The number of aromatic nitrogens is 1. The number of carboxylic acids is 1. The van der Waals surface area contributed by atoms with Gasteiger partial charge in [0.2, 0.25) is 0 Å². The van der Waals surface area contributed by atoms with Crippen LogP contribution in [0, 0.1) is 0 Å². The van der Waals surface area contributed by atoms with Crippen molar-refractivity contribution in [2.24, 2.45) is 0 Å². The molecule has 1 aliphatic rings. The first-order valence-corrected chi connectivity index (χ1v) is 6.48. The minimum absolute atomic E-state index is 0. The number of halogens is 4. The highest BCUT2D eigenvalue weighted by Crippen LogP contribution is 2.30. The summed E-state index contributed by atoms with van der Waals surface area (Å²) in [5.41, 5.74) is -3.70. The fraction of sp³-hybridized carbons (Fsp3) is 0.462. The van der Waals surface area contributed by atoms with E-state index in [9.17, 15) is 27.9 Å². The number of morpholine rings is 1. The molecule has 0 unspecified atom stereocenters. The minimum atomic E-state index is -4.68. The van der Waals surface area contributed by atoms with Gasteiger partial charge in [-0.3, -0.25) is 9.69 Å². The molecule has 0 bridgehead atoms. The highest BCUT2D eigenvalue weighted by molar-refractivity contribution is 6.00. The Bertz CT molecular complexity index is 638. The Hall–Kier alpha value is -1.91. The molecular formula is C13H14ClF3N2O5. The zero-order valence-corrected chi connectivity index (χ0v) is 13.1. The zero-order valence-electron chi connectivity index (χ0n) is 12.3. The summed E-state index contributed by atoms with van der Waals surface area (Å²) in [5.74, 6) is -2.95. The summed E-state index contributed by atoms with van der Waals surface area (Å²) in [6.45, 7) is 0.609. The van der Waals surface area contributed by atoms with Crippen LogP contribution in [0.1, 0.15) is 12.6 Å². The number of carbonyl (C=O) groups is 2. The summed E-state index contributed by atoms with van der Waals surface area (Å²) in [7, 11) is 0. The van der Waals surface area contributed by atoms with Crippen LogP contribution in [-0.2, 0) is 20.5 Å². The van der Waals surface area contributed by atoms with Crippen molar-refractivity contribution in [1.82, 2.24) is 4.98 Å². The number of nitrogens with zero attached hydrogens (tertiary/aromatic N) is 2. The lowest BCUT2D eigenvalue weighted by Gasteiger charge is -2.36. The molecule has 2 atom stereocenters. The van der Waals surface area contributed by atoms with Crippen molar-refractivity contribution < 1.29 is 37.7 Å². The molecule has 7 nitrogen and oxygen atoms in total. The summed E-state index contributed by atoms with van der Waals surface area (Å²) in [6, 6.07) is 3.02. The van der Waals surface area contributed by atoms with Crippen molar-refractivity contribution in [1.29, 1.82) is 0 Å². The highest BCUT2D eigenvalue weighted by atomic mass is 35.5. The van der Waals surface area contributed by atoms with Crippen LogP contribution in [0.5, 0.6) is 0 Å². The van der Waals surface area contributed by atoms with Crippen LogP contribution >= 0.6 is 12.4 Å². The molecule has 134 valence electrons. The van der Waals surface area contributed by atoms with Crippen LogP contribution in [0.25, 0.3) is 0 Å². The quantitative estimate of drug-likeness (QED) is 0.826. The van der Waals surface area contributed by atoms with Crippen LogP contribution in [0.4, 0.5) is 19.0 Å². The van der Waals surface area contributed by atoms with Gasteiger partial charge >= 0.3 is 12.1 Å². The Balaban J connectivity index is 0.00000288. The molecule has 1 amide bonds. The first-order valence-electron chi connectivity index (χ1n) is 6.48. The van der Waals surface area contributed by atoms with E-state index in [1.165, 1.54) is 6.07 Å². The van der Waals surface area contributed by atoms with E-state index in [-0.39, 0.29) is 31.4 Å². The minimum Gasteiger partial charge on any atom is -0.479 e. The van der Waals surface area contributed by atoms with Crippen LogP contribution < -0.4 is 4.90 Å². The monoisotopic (exact) mass is 370 g/mol. The number of aliphatic hydroxyl groups is 1. The molecule has 0 saturated carbocycles. The summed E-state index contributed by atoms with van der Waals surface area (Å²) in [5, 5.41) is 18.8. The maximum atomic E-state index is 12.7. The van der Waals surface area contributed by atoms with E-state index in [4.69, 9.17) is 9.84 Å². The fourth-order valence-electron chi connectivity index (χ4n) is 2.06. The Morgan fingerprint density at radius 3 is 2.58 bits per heavy atom. The number of carboxylic acid groups (broad SMARTS) is 1. The lowest BCUT2D eigenvalue weighted by atomic mass is 9.97. The van der Waals surface area contributed by atoms with Crippen LogP contribution in [0.15, 0.2) is 18.2 Å². The molecule has 1 aliphatic heterocycles. The lowest BCUT2D eigenvalue weighted by Crippen LogP contribution is -2.60. The molecule has 0 spiro atoms. The summed E-state index contributed by atoms with van der Waals surface area (Å²) in [6.07, 6.45) is -6.43. The third-order valence-electron chi connectivity index (χ3n) is 3.33. The van der Waals surface area contributed by atoms with Crippen LogP contribution in [0.3, 0.4) is 0 Å². The van der Waals surface area contributed by atoms with E-state index in [1.54, 1.807) is 0 Å². The van der Waals surface area contributed by atoms with Gasteiger partial charge in [0.1, 0.15) is 11.5 Å². The molecule has 0 aromatic carbocycles. The second-order valence-electron chi connectivity index (χ2n) is 5.07. The third-order valence-corrected chi connectivity index (χ3v) is 3.33. The number of aliphatic carboxylic acids is 1. The van der Waals surface area contributed by atoms with Gasteiger partial charge in [0.25, 0.3) is 5.91 Å². The molecule has 24 heavy (non-hydrogen) atoms. The van der Waals surface area contributed by atoms with Gasteiger partial charge in [0, 0.05) is 0 Å². The number of pyridine rings is 1. The van der Waals surface area contributed by atoms with Gasteiger partial charge in [0.05, 0.1) is 13.2 Å². The number of hydrogen-bond donors (Lipinski definition) is 2. The first kappa shape index (κ1) is 20.1. The lowest BCUT2D eigenvalue weighted by molar-refractivity contribution is -0.180. The summed E-state index contributed by atoms with van der Waals surface area (Å²) < 4.78 is 43.1. The van der Waals surface area contributed by atoms with Crippen molar-refractivity contribution in [2.45, 2.75) is 24.8 Å². The van der Waals surface area contributed by atoms with Gasteiger partial charge < -0.3 is 14.9 Å². The van der Waals surface area contributed by atoms with Crippen LogP contribution in [-0.4, -0.2) is 51.9 Å². The molecule has 2 heterocycles. The van der Waals surface area contributed by atoms with E-state index in [1.807, 2.05) is 0 Å². The molecule has 1 saturated heterocycles. The SMILES string of the molecule is C[C@](O)(C(=O)O)[C@H]1OCCN(c2cccc(C(F)(F)F)n2)C1=O.Cl. The van der Waals surface area contributed by atoms with Gasteiger partial charge in [-0.15, -0.1) is 12.4 Å². The van der Waals surface area contributed by atoms with Gasteiger partial charge in [-0.05, 0) is 19.1 Å². The molecule has 2 rings (SSSR count). The van der Waals surface area contributed by atoms with Crippen molar-refractivity contribution >= 4 is 30.1 Å². The molecule has 1 fully saturated rings. The van der Waals surface area contributed by atoms with Crippen LogP contribution in [0.2, 0.25) is 0 Å². The molecule has 0 aliphatic carbocycles. The number of ether oxygens (including phenoxy) is 1. The van der Waals surface area contributed by atoms with Crippen molar-refractivity contribution in [3.05, 3.63) is 23.9 Å². The van der Waals surface area contributed by atoms with E-state index in [0.717, 1.165) is 24.0 Å². The standard InChI is InChI=1S/C13H13F3N2O5.ClH/c1-12(22,11(20)21)9-10(19)18(5-6-23-9)8-4-2-3-7(17-8)13(14,15)16;/h2-4,9,22H,5-6H2,1H3,(H,20,21);1H/t9-,12+;/m0./s1. The van der Waals surface area contributed by atoms with Gasteiger partial charge in [-0.25, -0.2) is 9.78 Å². The number of alkyl halides is 3. The fourth-order valence-corrected chi connectivity index (χ4v) is 2.06. The predicted molar refractivity (Wildman–Crippen MR) is 76.8 cm³/mol. The molecule has 1 aromatic heterocycles. The molecule has 1 aromatic rings. The molecule has 2 N–H and O–H groups in total. The maximum absolute atomic E-state index is 12.7. The Labute approximate surface area is 140 Å². The second-order valence-corrected chi connectivity index (χ2v) is 5.07. The molecule has 0 radical (unpaired) electrons. The van der Waals surface area contributed by atoms with Gasteiger partial charge in [-0.1, -0.05) is 6.07 Å². The highest BCUT2D eigenvalue weighted by Gasteiger charge is 2.49. The second kappa shape index (κ2) is 6.91. The Kier molecular flexibility index (Phi) is 5.80. The normalized spacial score (nSPS) is 21.0. The summed E-state index contributed by atoms with van der Waals surface area (Å²) in [4.78, 5) is 27.6. The Morgan fingerprint density at radius 1 is 1.42 bits per heavy atom. The average molecular weight is 371 g/mol. The number of hydrogen-bond acceptors (Lipinski definition) is 5. The van der Waals surface area contributed by atoms with E-state index < -0.39 is 35.5 Å². The Morgan fingerprint density at radius 2 is 2.04 bits per heavy atom. The zero-order chi connectivity index (χ0) is 17.4.